The molecule has 0 spiro atoms. The highest BCUT2D eigenvalue weighted by atomic mass is 35.5. The number of carbonyl (C=O) groups is 1. The SMILES string of the molecule is CN1C(=O)CN(c2cc(C3CC3)cn3cc(Cn4nnc5cnc(Cl)cc54)nc23)C1O. The normalized spacial score (nSPS) is 19.3. The summed E-state index contributed by atoms with van der Waals surface area (Å²) in [5, 5.41) is 19.3. The molecule has 0 radical (unpaired) electrons. The first-order valence-electron chi connectivity index (χ1n) is 10.0. The molecule has 0 aromatic carbocycles. The molecule has 1 saturated carbocycles. The number of nitrogens with zero attached hydrogens (tertiary/aromatic N) is 8. The van der Waals surface area contributed by atoms with Crippen molar-refractivity contribution in [1.82, 2.24) is 34.3 Å². The largest absolute Gasteiger partial charge is 0.356 e. The molecule has 1 aliphatic heterocycles. The number of carbonyl (C=O) groups excluding carboxylic acids is 1. The van der Waals surface area contributed by atoms with E-state index in [1.54, 1.807) is 28.9 Å². The molecule has 1 aliphatic carbocycles. The van der Waals surface area contributed by atoms with Gasteiger partial charge in [-0.15, -0.1) is 5.10 Å². The van der Waals surface area contributed by atoms with Gasteiger partial charge in [0.2, 0.25) is 12.3 Å². The lowest BCUT2D eigenvalue weighted by Crippen LogP contribution is -2.37. The van der Waals surface area contributed by atoms with Crippen LogP contribution in [0.2, 0.25) is 5.15 Å². The van der Waals surface area contributed by atoms with E-state index in [1.165, 1.54) is 10.5 Å². The van der Waals surface area contributed by atoms with Gasteiger partial charge in [0.1, 0.15) is 17.2 Å². The second-order valence-electron chi connectivity index (χ2n) is 8.12. The molecule has 2 aliphatic rings. The van der Waals surface area contributed by atoms with E-state index in [0.29, 0.717) is 28.8 Å². The van der Waals surface area contributed by atoms with E-state index < -0.39 is 6.35 Å². The summed E-state index contributed by atoms with van der Waals surface area (Å²) in [7, 11) is 1.60. The minimum absolute atomic E-state index is 0.114. The van der Waals surface area contributed by atoms with Crippen LogP contribution >= 0.6 is 11.6 Å². The van der Waals surface area contributed by atoms with Crippen molar-refractivity contribution < 1.29 is 9.90 Å². The molecule has 1 atom stereocenters. The number of imidazole rings is 1. The summed E-state index contributed by atoms with van der Waals surface area (Å²) in [6, 6.07) is 3.78. The lowest BCUT2D eigenvalue weighted by molar-refractivity contribution is -0.130. The summed E-state index contributed by atoms with van der Waals surface area (Å²) < 4.78 is 3.70. The summed E-state index contributed by atoms with van der Waals surface area (Å²) in [5.41, 5.74) is 4.83. The van der Waals surface area contributed by atoms with Crippen molar-refractivity contribution in [1.29, 1.82) is 0 Å². The first-order chi connectivity index (χ1) is 15.0. The third-order valence-electron chi connectivity index (χ3n) is 5.96. The van der Waals surface area contributed by atoms with Gasteiger partial charge in [-0.05, 0) is 30.4 Å². The first kappa shape index (κ1) is 18.5. The Bertz CT molecular complexity index is 1340. The summed E-state index contributed by atoms with van der Waals surface area (Å²) in [4.78, 5) is 24.0. The Morgan fingerprint density at radius 1 is 1.26 bits per heavy atom. The number of anilines is 1. The van der Waals surface area contributed by atoms with Gasteiger partial charge in [-0.2, -0.15) is 0 Å². The van der Waals surface area contributed by atoms with Gasteiger partial charge in [-0.25, -0.2) is 14.6 Å². The predicted molar refractivity (Wildman–Crippen MR) is 113 cm³/mol. The van der Waals surface area contributed by atoms with Crippen molar-refractivity contribution in [2.24, 2.45) is 0 Å². The van der Waals surface area contributed by atoms with Crippen molar-refractivity contribution in [3.63, 3.8) is 0 Å². The Labute approximate surface area is 181 Å². The van der Waals surface area contributed by atoms with E-state index in [9.17, 15) is 9.90 Å². The van der Waals surface area contributed by atoms with E-state index in [4.69, 9.17) is 16.6 Å². The third-order valence-corrected chi connectivity index (χ3v) is 6.17. The van der Waals surface area contributed by atoms with Gasteiger partial charge in [0.25, 0.3) is 0 Å². The number of pyridine rings is 2. The summed E-state index contributed by atoms with van der Waals surface area (Å²) in [6.07, 6.45) is 6.91. The average Bonchev–Trinajstić information content (AvgIpc) is 3.35. The van der Waals surface area contributed by atoms with Crippen LogP contribution in [0.5, 0.6) is 0 Å². The molecule has 11 heteroatoms. The summed E-state index contributed by atoms with van der Waals surface area (Å²) >= 11 is 6.04. The fourth-order valence-corrected chi connectivity index (χ4v) is 4.24. The molecule has 1 N–H and O–H groups in total. The Hall–Kier alpha value is -3.24. The topological polar surface area (TPSA) is 105 Å². The number of fused-ring (bicyclic) bond motifs is 2. The Morgan fingerprint density at radius 3 is 2.84 bits per heavy atom. The summed E-state index contributed by atoms with van der Waals surface area (Å²) in [5.74, 6) is 0.380. The average molecular weight is 439 g/mol. The molecule has 10 nitrogen and oxygen atoms in total. The molecule has 2 fully saturated rings. The van der Waals surface area contributed by atoms with Crippen LogP contribution in [-0.4, -0.2) is 65.2 Å². The first-order valence-corrected chi connectivity index (χ1v) is 10.4. The van der Waals surface area contributed by atoms with Crippen LogP contribution in [-0.2, 0) is 11.3 Å². The molecule has 6 rings (SSSR count). The number of amides is 1. The van der Waals surface area contributed by atoms with Gasteiger partial charge in [-0.3, -0.25) is 4.79 Å². The van der Waals surface area contributed by atoms with Gasteiger partial charge in [0.15, 0.2) is 5.65 Å². The van der Waals surface area contributed by atoms with Crippen molar-refractivity contribution in [3.05, 3.63) is 47.1 Å². The molecule has 0 bridgehead atoms. The molecule has 4 aromatic rings. The second-order valence-corrected chi connectivity index (χ2v) is 8.51. The van der Waals surface area contributed by atoms with Crippen molar-refractivity contribution in [3.8, 4) is 0 Å². The Kier molecular flexibility index (Phi) is 3.96. The molecular weight excluding hydrogens is 420 g/mol. The fraction of sp³-hybridized carbons (Fsp3) is 0.350. The number of aliphatic hydroxyl groups excluding tert-OH is 1. The molecule has 158 valence electrons. The lowest BCUT2D eigenvalue weighted by atomic mass is 10.1. The number of hydrogen-bond acceptors (Lipinski definition) is 7. The van der Waals surface area contributed by atoms with Crippen molar-refractivity contribution in [2.75, 3.05) is 18.5 Å². The fourth-order valence-electron chi connectivity index (χ4n) is 4.08. The maximum Gasteiger partial charge on any atom is 0.245 e. The number of rotatable bonds is 4. The van der Waals surface area contributed by atoms with Gasteiger partial charge in [0.05, 0.1) is 29.6 Å². The van der Waals surface area contributed by atoms with E-state index in [1.807, 2.05) is 10.6 Å². The van der Waals surface area contributed by atoms with Crippen LogP contribution in [0.1, 0.15) is 30.0 Å². The van der Waals surface area contributed by atoms with Crippen LogP contribution in [0, 0.1) is 0 Å². The molecule has 31 heavy (non-hydrogen) atoms. The Balaban J connectivity index is 1.44. The summed E-state index contributed by atoms with van der Waals surface area (Å²) in [6.45, 7) is 0.515. The molecule has 1 unspecified atom stereocenters. The van der Waals surface area contributed by atoms with Crippen molar-refractivity contribution in [2.45, 2.75) is 31.7 Å². The molecule has 5 heterocycles. The lowest BCUT2D eigenvalue weighted by Gasteiger charge is -2.24. The molecule has 4 aromatic heterocycles. The third kappa shape index (κ3) is 3.02. The predicted octanol–water partition coefficient (Wildman–Crippen LogP) is 1.61. The van der Waals surface area contributed by atoms with Crippen LogP contribution < -0.4 is 4.90 Å². The highest BCUT2D eigenvalue weighted by molar-refractivity contribution is 6.29. The van der Waals surface area contributed by atoms with Crippen molar-refractivity contribution >= 4 is 39.9 Å². The number of halogens is 1. The van der Waals surface area contributed by atoms with E-state index >= 15 is 0 Å². The van der Waals surface area contributed by atoms with Gasteiger partial charge >= 0.3 is 0 Å². The zero-order valence-corrected chi connectivity index (χ0v) is 17.4. The minimum atomic E-state index is -1.01. The zero-order chi connectivity index (χ0) is 21.3. The molecular formula is C20H19ClN8O2. The molecule has 1 saturated heterocycles. The smallest absolute Gasteiger partial charge is 0.245 e. The van der Waals surface area contributed by atoms with Crippen LogP contribution in [0.15, 0.2) is 30.7 Å². The van der Waals surface area contributed by atoms with Gasteiger partial charge in [-0.1, -0.05) is 16.8 Å². The van der Waals surface area contributed by atoms with Crippen LogP contribution in [0.25, 0.3) is 16.7 Å². The number of likely N-dealkylation sites (N-methyl/N-ethyl adjacent to an activating group) is 1. The second kappa shape index (κ2) is 6.63. The van der Waals surface area contributed by atoms with Crippen LogP contribution in [0.3, 0.4) is 0 Å². The van der Waals surface area contributed by atoms with Gasteiger partial charge < -0.3 is 19.3 Å². The van der Waals surface area contributed by atoms with Crippen LogP contribution in [0.4, 0.5) is 5.69 Å². The highest BCUT2D eigenvalue weighted by Gasteiger charge is 2.36. The van der Waals surface area contributed by atoms with E-state index in [0.717, 1.165) is 29.7 Å². The Morgan fingerprint density at radius 2 is 2.10 bits per heavy atom. The van der Waals surface area contributed by atoms with E-state index in [-0.39, 0.29) is 12.5 Å². The van der Waals surface area contributed by atoms with Gasteiger partial charge in [0, 0.05) is 25.5 Å². The maximum atomic E-state index is 12.2. The quantitative estimate of drug-likeness (QED) is 0.482. The monoisotopic (exact) mass is 438 g/mol. The number of aliphatic hydroxyl groups is 1. The minimum Gasteiger partial charge on any atom is -0.356 e. The molecule has 1 amide bonds. The zero-order valence-electron chi connectivity index (χ0n) is 16.7. The standard InChI is InChI=1S/C20H19ClN8O2/c1-26-18(30)10-28(20(26)31)16-4-12(11-2-3-11)7-27-8-13(23-19(16)27)9-29-15-5-17(21)22-6-14(15)24-25-29/h4-8,11,20,31H,2-3,9-10H2,1H3. The van der Waals surface area contributed by atoms with E-state index in [2.05, 4.69) is 27.6 Å². The highest BCUT2D eigenvalue weighted by Crippen LogP contribution is 2.42. The number of aromatic nitrogens is 6. The maximum absolute atomic E-state index is 12.2. The number of hydrogen-bond donors (Lipinski definition) is 1.